The standard InChI is InChI=1S/C16H22FNO2/c1-12-2-3-14(10-15(12)17)16(20)5-8-18-7-4-13(11-18)6-9-19/h2-3,10,13,19H,4-9,11H2,1H3. The molecule has 1 aliphatic rings. The molecule has 1 fully saturated rings. The van der Waals surface area contributed by atoms with Gasteiger partial charge in [-0.2, -0.15) is 0 Å². The normalized spacial score (nSPS) is 19.4. The first-order valence-corrected chi connectivity index (χ1v) is 7.22. The zero-order valence-electron chi connectivity index (χ0n) is 11.9. The summed E-state index contributed by atoms with van der Waals surface area (Å²) in [6.45, 7) is 4.59. The van der Waals surface area contributed by atoms with Crippen molar-refractivity contribution < 1.29 is 14.3 Å². The Kier molecular flexibility index (Phi) is 5.26. The molecule has 0 spiro atoms. The van der Waals surface area contributed by atoms with Crippen molar-refractivity contribution in [2.75, 3.05) is 26.2 Å². The van der Waals surface area contributed by atoms with Crippen LogP contribution in [0.15, 0.2) is 18.2 Å². The molecule has 1 unspecified atom stereocenters. The van der Waals surface area contributed by atoms with Crippen LogP contribution in [-0.4, -0.2) is 42.0 Å². The van der Waals surface area contributed by atoms with E-state index in [1.165, 1.54) is 6.07 Å². The van der Waals surface area contributed by atoms with Crippen LogP contribution in [0.5, 0.6) is 0 Å². The van der Waals surface area contributed by atoms with Gasteiger partial charge in [0.05, 0.1) is 0 Å². The Balaban J connectivity index is 1.82. The predicted molar refractivity (Wildman–Crippen MR) is 76.3 cm³/mol. The van der Waals surface area contributed by atoms with Crippen molar-refractivity contribution in [3.8, 4) is 0 Å². The van der Waals surface area contributed by atoms with Crippen LogP contribution in [0.25, 0.3) is 0 Å². The van der Waals surface area contributed by atoms with Crippen molar-refractivity contribution in [3.63, 3.8) is 0 Å². The molecule has 0 amide bonds. The second kappa shape index (κ2) is 6.95. The summed E-state index contributed by atoms with van der Waals surface area (Å²) in [6, 6.07) is 4.67. The molecule has 0 aliphatic carbocycles. The van der Waals surface area contributed by atoms with Crippen LogP contribution in [0, 0.1) is 18.7 Å². The number of aliphatic hydroxyl groups excluding tert-OH is 1. The van der Waals surface area contributed by atoms with Gasteiger partial charge in [-0.3, -0.25) is 4.79 Å². The van der Waals surface area contributed by atoms with E-state index >= 15 is 0 Å². The van der Waals surface area contributed by atoms with Crippen LogP contribution in [0.2, 0.25) is 0 Å². The number of aliphatic hydroxyl groups is 1. The zero-order chi connectivity index (χ0) is 14.5. The van der Waals surface area contributed by atoms with Gasteiger partial charge in [0.25, 0.3) is 0 Å². The molecule has 110 valence electrons. The summed E-state index contributed by atoms with van der Waals surface area (Å²) in [5.41, 5.74) is 1.02. The van der Waals surface area contributed by atoms with E-state index in [-0.39, 0.29) is 18.2 Å². The number of rotatable bonds is 6. The molecule has 1 aromatic carbocycles. The summed E-state index contributed by atoms with van der Waals surface area (Å²) in [5, 5.41) is 8.92. The van der Waals surface area contributed by atoms with Crippen molar-refractivity contribution in [2.45, 2.75) is 26.2 Å². The van der Waals surface area contributed by atoms with Crippen molar-refractivity contribution >= 4 is 5.78 Å². The second-order valence-corrected chi connectivity index (χ2v) is 5.60. The molecule has 1 aromatic rings. The van der Waals surface area contributed by atoms with Gasteiger partial charge in [0.15, 0.2) is 5.78 Å². The lowest BCUT2D eigenvalue weighted by Gasteiger charge is -2.15. The molecule has 1 aliphatic heterocycles. The molecule has 20 heavy (non-hydrogen) atoms. The van der Waals surface area contributed by atoms with E-state index in [1.807, 2.05) is 0 Å². The summed E-state index contributed by atoms with van der Waals surface area (Å²) < 4.78 is 13.4. The fraction of sp³-hybridized carbons (Fsp3) is 0.562. The van der Waals surface area contributed by atoms with E-state index in [0.29, 0.717) is 23.5 Å². The highest BCUT2D eigenvalue weighted by atomic mass is 19.1. The molecule has 1 saturated heterocycles. The van der Waals surface area contributed by atoms with Gasteiger partial charge < -0.3 is 10.0 Å². The molecule has 0 saturated carbocycles. The lowest BCUT2D eigenvalue weighted by Crippen LogP contribution is -2.24. The van der Waals surface area contributed by atoms with Crippen molar-refractivity contribution in [3.05, 3.63) is 35.1 Å². The maximum atomic E-state index is 13.4. The number of halogens is 1. The number of likely N-dealkylation sites (tertiary alicyclic amines) is 1. The summed E-state index contributed by atoms with van der Waals surface area (Å²) in [4.78, 5) is 14.3. The third-order valence-corrected chi connectivity index (χ3v) is 4.06. The van der Waals surface area contributed by atoms with Crippen LogP contribution in [0.4, 0.5) is 4.39 Å². The number of aryl methyl sites for hydroxylation is 1. The molecule has 0 radical (unpaired) electrons. The third kappa shape index (κ3) is 3.87. The van der Waals surface area contributed by atoms with Crippen LogP contribution in [0.3, 0.4) is 0 Å². The van der Waals surface area contributed by atoms with Crippen LogP contribution >= 0.6 is 0 Å². The third-order valence-electron chi connectivity index (χ3n) is 4.06. The minimum Gasteiger partial charge on any atom is -0.396 e. The molecule has 1 N–H and O–H groups in total. The average molecular weight is 279 g/mol. The quantitative estimate of drug-likeness (QED) is 0.813. The topological polar surface area (TPSA) is 40.5 Å². The van der Waals surface area contributed by atoms with E-state index in [1.54, 1.807) is 19.1 Å². The number of carbonyl (C=O) groups excluding carboxylic acids is 1. The lowest BCUT2D eigenvalue weighted by molar-refractivity contribution is 0.0967. The molecule has 1 atom stereocenters. The largest absolute Gasteiger partial charge is 0.396 e. The minimum atomic E-state index is -0.319. The number of ketones is 1. The van der Waals surface area contributed by atoms with E-state index in [9.17, 15) is 9.18 Å². The SMILES string of the molecule is Cc1ccc(C(=O)CCN2CCC(CCO)C2)cc1F. The predicted octanol–water partition coefficient (Wildman–Crippen LogP) is 2.41. The Morgan fingerprint density at radius 2 is 2.30 bits per heavy atom. The molecule has 0 aromatic heterocycles. The van der Waals surface area contributed by atoms with E-state index in [4.69, 9.17) is 5.11 Å². The maximum absolute atomic E-state index is 13.4. The molecular formula is C16H22FNO2. The number of hydrogen-bond acceptors (Lipinski definition) is 3. The summed E-state index contributed by atoms with van der Waals surface area (Å²) in [6.07, 6.45) is 2.36. The van der Waals surface area contributed by atoms with E-state index in [2.05, 4.69) is 4.90 Å². The van der Waals surface area contributed by atoms with Gasteiger partial charge in [0.1, 0.15) is 5.82 Å². The summed E-state index contributed by atoms with van der Waals surface area (Å²) >= 11 is 0. The fourth-order valence-electron chi connectivity index (χ4n) is 2.70. The Morgan fingerprint density at radius 1 is 1.50 bits per heavy atom. The van der Waals surface area contributed by atoms with Gasteiger partial charge in [-0.25, -0.2) is 4.39 Å². The number of nitrogens with zero attached hydrogens (tertiary/aromatic N) is 1. The van der Waals surface area contributed by atoms with Gasteiger partial charge in [-0.1, -0.05) is 12.1 Å². The van der Waals surface area contributed by atoms with Gasteiger partial charge in [0.2, 0.25) is 0 Å². The highest BCUT2D eigenvalue weighted by molar-refractivity contribution is 5.96. The monoisotopic (exact) mass is 279 g/mol. The van der Waals surface area contributed by atoms with E-state index in [0.717, 1.165) is 32.5 Å². The summed E-state index contributed by atoms with van der Waals surface area (Å²) in [7, 11) is 0. The highest BCUT2D eigenvalue weighted by Crippen LogP contribution is 2.19. The van der Waals surface area contributed by atoms with E-state index < -0.39 is 0 Å². The lowest BCUT2D eigenvalue weighted by atomic mass is 10.1. The highest BCUT2D eigenvalue weighted by Gasteiger charge is 2.22. The first-order chi connectivity index (χ1) is 9.60. The minimum absolute atomic E-state index is 0.00509. The Bertz CT molecular complexity index is 476. The van der Waals surface area contributed by atoms with Crippen LogP contribution < -0.4 is 0 Å². The summed E-state index contributed by atoms with van der Waals surface area (Å²) in [5.74, 6) is 0.224. The van der Waals surface area contributed by atoms with Gasteiger partial charge in [-0.15, -0.1) is 0 Å². The molecule has 2 rings (SSSR count). The molecule has 1 heterocycles. The van der Waals surface area contributed by atoms with Crippen LogP contribution in [-0.2, 0) is 0 Å². The Morgan fingerprint density at radius 3 is 3.00 bits per heavy atom. The van der Waals surface area contributed by atoms with Crippen molar-refractivity contribution in [2.24, 2.45) is 5.92 Å². The Hall–Kier alpha value is -1.26. The van der Waals surface area contributed by atoms with Crippen molar-refractivity contribution in [1.82, 2.24) is 4.90 Å². The zero-order valence-corrected chi connectivity index (χ0v) is 11.9. The smallest absolute Gasteiger partial charge is 0.164 e. The molecule has 0 bridgehead atoms. The second-order valence-electron chi connectivity index (χ2n) is 5.60. The average Bonchev–Trinajstić information content (AvgIpc) is 2.87. The molecule has 4 heteroatoms. The maximum Gasteiger partial charge on any atom is 0.164 e. The van der Waals surface area contributed by atoms with Gasteiger partial charge in [-0.05, 0) is 43.9 Å². The Labute approximate surface area is 119 Å². The van der Waals surface area contributed by atoms with Crippen LogP contribution in [0.1, 0.15) is 35.2 Å². The number of benzene rings is 1. The molecular weight excluding hydrogens is 257 g/mol. The fourth-order valence-corrected chi connectivity index (χ4v) is 2.70. The van der Waals surface area contributed by atoms with Gasteiger partial charge >= 0.3 is 0 Å². The first-order valence-electron chi connectivity index (χ1n) is 7.22. The van der Waals surface area contributed by atoms with Gasteiger partial charge in [0, 0.05) is 31.7 Å². The number of carbonyl (C=O) groups is 1. The number of Topliss-reactive ketones (excluding diaryl/α,β-unsaturated/α-hetero) is 1. The van der Waals surface area contributed by atoms with Crippen molar-refractivity contribution in [1.29, 1.82) is 0 Å². The number of hydrogen-bond donors (Lipinski definition) is 1. The molecule has 3 nitrogen and oxygen atoms in total. The first kappa shape index (κ1) is 15.1.